The summed E-state index contributed by atoms with van der Waals surface area (Å²) in [4.78, 5) is 9.05. The zero-order valence-corrected chi connectivity index (χ0v) is 23.0. The number of halogens is 3. The van der Waals surface area contributed by atoms with Gasteiger partial charge in [-0.1, -0.05) is 17.7 Å². The lowest BCUT2D eigenvalue weighted by Crippen LogP contribution is -2.20. The Labute approximate surface area is 224 Å². The summed E-state index contributed by atoms with van der Waals surface area (Å²) in [6, 6.07) is 6.98. The number of nitrogens with zero attached hydrogens (tertiary/aromatic N) is 6. The molecule has 38 heavy (non-hydrogen) atoms. The van der Waals surface area contributed by atoms with Crippen LogP contribution in [0.1, 0.15) is 43.4 Å². The number of aryl methyl sites for hydroxylation is 1. The van der Waals surface area contributed by atoms with Gasteiger partial charge in [0.2, 0.25) is 0 Å². The van der Waals surface area contributed by atoms with Crippen molar-refractivity contribution in [2.45, 2.75) is 43.7 Å². The topological polar surface area (TPSA) is 99.2 Å². The molecule has 9 nitrogen and oxygen atoms in total. The molecule has 3 aromatic heterocycles. The van der Waals surface area contributed by atoms with Crippen LogP contribution in [0, 0.1) is 6.92 Å². The molecule has 2 atom stereocenters. The second kappa shape index (κ2) is 10.2. The number of hydrogen-bond acceptors (Lipinski definition) is 7. The average molecular weight is 564 g/mol. The minimum Gasteiger partial charge on any atom is -0.358 e. The number of nitrogens with one attached hydrogen (secondary N) is 1. The molecule has 1 aliphatic rings. The molecular formula is C25H28ClF2N7O2S. The van der Waals surface area contributed by atoms with E-state index in [9.17, 15) is 13.0 Å². The van der Waals surface area contributed by atoms with Gasteiger partial charge in [-0.15, -0.1) is 0 Å². The normalized spacial score (nSPS) is 17.6. The number of pyridine rings is 1. The maximum absolute atomic E-state index is 14.1. The van der Waals surface area contributed by atoms with E-state index in [1.54, 1.807) is 29.3 Å². The Bertz CT molecular complexity index is 1640. The largest absolute Gasteiger partial charge is 0.358 e. The van der Waals surface area contributed by atoms with Gasteiger partial charge in [-0.25, -0.2) is 27.3 Å². The minimum atomic E-state index is -2.84. The van der Waals surface area contributed by atoms with E-state index in [-0.39, 0.29) is 16.3 Å². The second-order valence-corrected chi connectivity index (χ2v) is 12.0. The summed E-state index contributed by atoms with van der Waals surface area (Å²) < 4.78 is 54.8. The summed E-state index contributed by atoms with van der Waals surface area (Å²) in [5, 5.41) is 7.63. The molecule has 202 valence electrons. The molecule has 0 spiro atoms. The number of fused-ring (bicyclic) bond motifs is 1. The average Bonchev–Trinajstić information content (AvgIpc) is 3.45. The molecule has 5 rings (SSSR count). The van der Waals surface area contributed by atoms with Crippen LogP contribution in [0.2, 0.25) is 5.15 Å². The van der Waals surface area contributed by atoms with Crippen molar-refractivity contribution in [2.24, 2.45) is 11.4 Å². The highest BCUT2D eigenvalue weighted by atomic mass is 35.5. The van der Waals surface area contributed by atoms with Crippen LogP contribution in [0.5, 0.6) is 0 Å². The van der Waals surface area contributed by atoms with E-state index >= 15 is 0 Å². The molecule has 0 aliphatic carbocycles. The second-order valence-electron chi connectivity index (χ2n) is 9.21. The Morgan fingerprint density at radius 2 is 2.03 bits per heavy atom. The smallest absolute Gasteiger partial charge is 0.295 e. The predicted octanol–water partition coefficient (Wildman–Crippen LogP) is 6.26. The van der Waals surface area contributed by atoms with E-state index in [0.717, 1.165) is 29.7 Å². The number of imidazole rings is 1. The molecule has 1 aliphatic heterocycles. The summed E-state index contributed by atoms with van der Waals surface area (Å²) in [6.45, 7) is 2.42. The number of alkyl halides is 2. The molecule has 1 aromatic carbocycles. The lowest BCUT2D eigenvalue weighted by atomic mass is 10.1. The zero-order valence-electron chi connectivity index (χ0n) is 21.4. The molecule has 13 heteroatoms. The van der Waals surface area contributed by atoms with E-state index in [4.69, 9.17) is 16.3 Å². The quantitative estimate of drug-likeness (QED) is 0.278. The van der Waals surface area contributed by atoms with Crippen molar-refractivity contribution >= 4 is 43.9 Å². The van der Waals surface area contributed by atoms with Crippen LogP contribution in [0.4, 0.5) is 20.2 Å². The minimum absolute atomic E-state index is 0.0966. The highest BCUT2D eigenvalue weighted by molar-refractivity contribution is 7.93. The van der Waals surface area contributed by atoms with Crippen LogP contribution in [0.25, 0.3) is 22.3 Å². The lowest BCUT2D eigenvalue weighted by molar-refractivity contribution is -0.0363. The van der Waals surface area contributed by atoms with Crippen molar-refractivity contribution < 1.29 is 17.7 Å². The Morgan fingerprint density at radius 3 is 2.66 bits per heavy atom. The molecule has 4 heterocycles. The van der Waals surface area contributed by atoms with Gasteiger partial charge in [0.1, 0.15) is 16.9 Å². The molecule has 2 unspecified atom stereocenters. The van der Waals surface area contributed by atoms with Crippen LogP contribution < -0.4 is 5.32 Å². The Balaban J connectivity index is 1.66. The summed E-state index contributed by atoms with van der Waals surface area (Å²) in [5.41, 5.74) is 3.93. The lowest BCUT2D eigenvalue weighted by Gasteiger charge is -2.25. The summed E-state index contributed by atoms with van der Waals surface area (Å²) in [6.07, 6.45) is 2.12. The molecule has 0 amide bonds. The molecule has 1 fully saturated rings. The number of aromatic nitrogens is 5. The number of hydrogen-bond donors (Lipinski definition) is 1. The molecule has 1 N–H and O–H groups in total. The first-order valence-electron chi connectivity index (χ1n) is 12.1. The van der Waals surface area contributed by atoms with Crippen molar-refractivity contribution in [1.82, 2.24) is 24.3 Å². The summed E-state index contributed by atoms with van der Waals surface area (Å²) in [7, 11) is 0.536. The van der Waals surface area contributed by atoms with Gasteiger partial charge in [-0.05, 0) is 43.9 Å². The van der Waals surface area contributed by atoms with E-state index in [2.05, 4.69) is 24.7 Å². The third kappa shape index (κ3) is 4.76. The first-order valence-corrected chi connectivity index (χ1v) is 14.4. The van der Waals surface area contributed by atoms with Crippen molar-refractivity contribution in [1.29, 1.82) is 0 Å². The van der Waals surface area contributed by atoms with Gasteiger partial charge in [0.15, 0.2) is 11.5 Å². The highest BCUT2D eigenvalue weighted by Gasteiger charge is 2.29. The maximum Gasteiger partial charge on any atom is 0.295 e. The molecule has 4 aromatic rings. The molecule has 0 radical (unpaired) electrons. The van der Waals surface area contributed by atoms with Crippen molar-refractivity contribution in [2.75, 3.05) is 25.2 Å². The zero-order chi connectivity index (χ0) is 27.2. The monoisotopic (exact) mass is 563 g/mol. The molecular weight excluding hydrogens is 536 g/mol. The van der Waals surface area contributed by atoms with Gasteiger partial charge in [0.05, 0.1) is 32.2 Å². The standard InChI is InChI=1S/C25H28ClF2N7O2S/c1-14-16(13-30-34(14)3)15-8-9-17(19(11-15)38(4,36)29-2)31-18-12-20(26)32-24-22(18)33-25(23(27)28)35(24)21-7-5-6-10-37-21/h8-9,11-13,21,23H,5-7,10H2,1-4H3,(H,31,32). The van der Waals surface area contributed by atoms with Crippen LogP contribution in [-0.4, -0.2) is 48.4 Å². The van der Waals surface area contributed by atoms with Crippen LogP contribution in [-0.2, 0) is 21.5 Å². The summed E-state index contributed by atoms with van der Waals surface area (Å²) >= 11 is 6.37. The first kappa shape index (κ1) is 26.5. The predicted molar refractivity (Wildman–Crippen MR) is 144 cm³/mol. The maximum atomic E-state index is 14.1. The fraction of sp³-hybridized carbons (Fsp3) is 0.400. The fourth-order valence-electron chi connectivity index (χ4n) is 4.64. The Hall–Kier alpha value is -3.09. The first-order chi connectivity index (χ1) is 18.1. The van der Waals surface area contributed by atoms with Gasteiger partial charge < -0.3 is 10.1 Å². The molecule has 0 saturated carbocycles. The van der Waals surface area contributed by atoms with Crippen molar-refractivity contribution in [3.63, 3.8) is 0 Å². The number of rotatable bonds is 6. The number of ether oxygens (including phenoxy) is 1. The van der Waals surface area contributed by atoms with E-state index in [0.29, 0.717) is 29.3 Å². The van der Waals surface area contributed by atoms with Crippen LogP contribution in [0.15, 0.2) is 39.7 Å². The molecule has 0 bridgehead atoms. The van der Waals surface area contributed by atoms with Gasteiger partial charge in [0.25, 0.3) is 6.43 Å². The Morgan fingerprint density at radius 1 is 1.24 bits per heavy atom. The van der Waals surface area contributed by atoms with Crippen LogP contribution in [0.3, 0.4) is 0 Å². The van der Waals surface area contributed by atoms with Gasteiger partial charge in [-0.2, -0.15) is 5.10 Å². The third-order valence-corrected chi connectivity index (χ3v) is 8.88. The molecule has 1 saturated heterocycles. The summed E-state index contributed by atoms with van der Waals surface area (Å²) in [5.74, 6) is -0.435. The third-order valence-electron chi connectivity index (χ3n) is 6.84. The van der Waals surface area contributed by atoms with Gasteiger partial charge >= 0.3 is 0 Å². The number of anilines is 2. The number of benzene rings is 1. The van der Waals surface area contributed by atoms with Crippen molar-refractivity contribution in [3.8, 4) is 11.1 Å². The highest BCUT2D eigenvalue weighted by Crippen LogP contribution is 2.38. The van der Waals surface area contributed by atoms with E-state index in [1.807, 2.05) is 20.0 Å². The van der Waals surface area contributed by atoms with Gasteiger partial charge in [-0.3, -0.25) is 9.25 Å². The fourth-order valence-corrected chi connectivity index (χ4v) is 5.90. The van der Waals surface area contributed by atoms with E-state index < -0.39 is 28.2 Å². The van der Waals surface area contributed by atoms with Crippen molar-refractivity contribution in [3.05, 3.63) is 47.1 Å². The SMILES string of the molecule is CN=S(C)(=O)c1cc(-c2cnn(C)c2C)ccc1Nc1cc(Cl)nc2c1nc(C(F)F)n2C1CCCCO1. The van der Waals surface area contributed by atoms with E-state index in [1.165, 1.54) is 17.7 Å². The van der Waals surface area contributed by atoms with Crippen LogP contribution >= 0.6 is 11.6 Å². The van der Waals surface area contributed by atoms with Gasteiger partial charge in [0, 0.05) is 44.3 Å². The Kier molecular flexibility index (Phi) is 7.14.